The largest absolute Gasteiger partial charge is 0.460 e. The lowest BCUT2D eigenvalue weighted by atomic mass is 9.96. The molecule has 1 rings (SSSR count). The van der Waals surface area contributed by atoms with Crippen LogP contribution in [0.5, 0.6) is 0 Å². The number of carbonyl (C=O) groups is 1. The molecule has 0 fully saturated rings. The fraction of sp³-hybridized carbons (Fsp3) is 0.533. The van der Waals surface area contributed by atoms with E-state index in [2.05, 4.69) is 0 Å². The third-order valence-corrected chi connectivity index (χ3v) is 2.75. The van der Waals surface area contributed by atoms with Gasteiger partial charge in [0.15, 0.2) is 0 Å². The summed E-state index contributed by atoms with van der Waals surface area (Å²) in [5.41, 5.74) is 7.56. The van der Waals surface area contributed by atoms with E-state index in [-0.39, 0.29) is 11.9 Å². The van der Waals surface area contributed by atoms with Crippen LogP contribution >= 0.6 is 0 Å². The molecular formula is C15H23NO2. The van der Waals surface area contributed by atoms with Gasteiger partial charge in [-0.25, -0.2) is 0 Å². The maximum absolute atomic E-state index is 12.0. The van der Waals surface area contributed by atoms with Crippen LogP contribution in [0.3, 0.4) is 0 Å². The Labute approximate surface area is 109 Å². The highest BCUT2D eigenvalue weighted by Gasteiger charge is 2.24. The minimum Gasteiger partial charge on any atom is -0.460 e. The van der Waals surface area contributed by atoms with Crippen LogP contribution in [0.4, 0.5) is 0 Å². The molecule has 0 bridgehead atoms. The SMILES string of the molecule is Cc1ccccc1CC(CN)C(=O)OC(C)(C)C. The number of aryl methyl sites for hydroxylation is 1. The minimum absolute atomic E-state index is 0.215. The van der Waals surface area contributed by atoms with E-state index < -0.39 is 5.60 Å². The van der Waals surface area contributed by atoms with Crippen LogP contribution in [0.15, 0.2) is 24.3 Å². The molecule has 1 aromatic rings. The summed E-state index contributed by atoms with van der Waals surface area (Å²) >= 11 is 0. The molecule has 0 radical (unpaired) electrons. The van der Waals surface area contributed by atoms with Crippen molar-refractivity contribution in [3.63, 3.8) is 0 Å². The van der Waals surface area contributed by atoms with E-state index in [0.717, 1.165) is 5.56 Å². The molecule has 0 amide bonds. The van der Waals surface area contributed by atoms with Crippen molar-refractivity contribution in [3.8, 4) is 0 Å². The monoisotopic (exact) mass is 249 g/mol. The van der Waals surface area contributed by atoms with Gasteiger partial charge in [0.25, 0.3) is 0 Å². The molecule has 0 aliphatic heterocycles. The van der Waals surface area contributed by atoms with Crippen LogP contribution in [-0.4, -0.2) is 18.1 Å². The molecule has 2 N–H and O–H groups in total. The van der Waals surface area contributed by atoms with E-state index in [9.17, 15) is 4.79 Å². The molecule has 0 spiro atoms. The maximum Gasteiger partial charge on any atom is 0.311 e. The molecule has 1 unspecified atom stereocenters. The first-order chi connectivity index (χ1) is 8.33. The van der Waals surface area contributed by atoms with E-state index >= 15 is 0 Å². The fourth-order valence-electron chi connectivity index (χ4n) is 1.75. The number of hydrogen-bond donors (Lipinski definition) is 1. The average Bonchev–Trinajstić information content (AvgIpc) is 2.25. The smallest absolute Gasteiger partial charge is 0.311 e. The second-order valence-corrected chi connectivity index (χ2v) is 5.60. The van der Waals surface area contributed by atoms with Crippen LogP contribution in [-0.2, 0) is 16.0 Å². The highest BCUT2D eigenvalue weighted by Crippen LogP contribution is 2.17. The predicted octanol–water partition coefficient (Wildman–Crippen LogP) is 2.45. The lowest BCUT2D eigenvalue weighted by Gasteiger charge is -2.23. The van der Waals surface area contributed by atoms with Gasteiger partial charge in [0, 0.05) is 6.54 Å². The molecule has 0 aromatic heterocycles. The molecule has 0 saturated heterocycles. The number of carbonyl (C=O) groups excluding carboxylic acids is 1. The van der Waals surface area contributed by atoms with Crippen molar-refractivity contribution in [3.05, 3.63) is 35.4 Å². The van der Waals surface area contributed by atoms with Gasteiger partial charge in [-0.15, -0.1) is 0 Å². The molecule has 0 aliphatic rings. The molecule has 0 aliphatic carbocycles. The highest BCUT2D eigenvalue weighted by atomic mass is 16.6. The van der Waals surface area contributed by atoms with Crippen LogP contribution < -0.4 is 5.73 Å². The van der Waals surface area contributed by atoms with Crippen molar-refractivity contribution < 1.29 is 9.53 Å². The highest BCUT2D eigenvalue weighted by molar-refractivity contribution is 5.73. The number of hydrogen-bond acceptors (Lipinski definition) is 3. The van der Waals surface area contributed by atoms with Gasteiger partial charge in [-0.3, -0.25) is 4.79 Å². The van der Waals surface area contributed by atoms with Gasteiger partial charge < -0.3 is 10.5 Å². The third-order valence-electron chi connectivity index (χ3n) is 2.75. The first-order valence-electron chi connectivity index (χ1n) is 6.31. The van der Waals surface area contributed by atoms with Gasteiger partial charge in [-0.2, -0.15) is 0 Å². The predicted molar refractivity (Wildman–Crippen MR) is 73.3 cm³/mol. The molecule has 3 heteroatoms. The van der Waals surface area contributed by atoms with Gasteiger partial charge in [0.2, 0.25) is 0 Å². The molecule has 0 heterocycles. The standard InChI is InChI=1S/C15H23NO2/c1-11-7-5-6-8-12(11)9-13(10-16)14(17)18-15(2,3)4/h5-8,13H,9-10,16H2,1-4H3. The average molecular weight is 249 g/mol. The summed E-state index contributed by atoms with van der Waals surface area (Å²) in [5.74, 6) is -0.487. The summed E-state index contributed by atoms with van der Waals surface area (Å²) in [6.45, 7) is 7.95. The number of benzene rings is 1. The maximum atomic E-state index is 12.0. The molecule has 100 valence electrons. The van der Waals surface area contributed by atoms with E-state index in [1.54, 1.807) is 0 Å². The lowest BCUT2D eigenvalue weighted by Crippen LogP contribution is -2.33. The Bertz CT molecular complexity index is 407. The van der Waals surface area contributed by atoms with Crippen LogP contribution in [0.25, 0.3) is 0 Å². The van der Waals surface area contributed by atoms with Gasteiger partial charge in [0.05, 0.1) is 5.92 Å². The molecule has 0 saturated carbocycles. The van der Waals surface area contributed by atoms with E-state index in [1.165, 1.54) is 5.56 Å². The molecule has 18 heavy (non-hydrogen) atoms. The summed E-state index contributed by atoms with van der Waals surface area (Å²) in [7, 11) is 0. The topological polar surface area (TPSA) is 52.3 Å². The number of esters is 1. The molecule has 1 aromatic carbocycles. The fourth-order valence-corrected chi connectivity index (χ4v) is 1.75. The Morgan fingerprint density at radius 3 is 2.44 bits per heavy atom. The van der Waals surface area contributed by atoms with Crippen molar-refractivity contribution in [1.82, 2.24) is 0 Å². The minimum atomic E-state index is -0.462. The first-order valence-corrected chi connectivity index (χ1v) is 6.31. The van der Waals surface area contributed by atoms with Crippen molar-refractivity contribution in [1.29, 1.82) is 0 Å². The summed E-state index contributed by atoms with van der Waals surface area (Å²) < 4.78 is 5.38. The zero-order valence-electron chi connectivity index (χ0n) is 11.7. The summed E-state index contributed by atoms with van der Waals surface area (Å²) in [6.07, 6.45) is 0.637. The third kappa shape index (κ3) is 4.49. The van der Waals surface area contributed by atoms with Crippen molar-refractivity contribution in [2.45, 2.75) is 39.7 Å². The van der Waals surface area contributed by atoms with Crippen LogP contribution in [0, 0.1) is 12.8 Å². The Morgan fingerprint density at radius 2 is 1.94 bits per heavy atom. The summed E-state index contributed by atoms with van der Waals surface area (Å²) in [4.78, 5) is 12.0. The first kappa shape index (κ1) is 14.7. The van der Waals surface area contributed by atoms with Crippen LogP contribution in [0.1, 0.15) is 31.9 Å². The molecular weight excluding hydrogens is 226 g/mol. The Kier molecular flexibility index (Phi) is 4.91. The lowest BCUT2D eigenvalue weighted by molar-refractivity contribution is -0.159. The Morgan fingerprint density at radius 1 is 1.33 bits per heavy atom. The van der Waals surface area contributed by atoms with E-state index in [4.69, 9.17) is 10.5 Å². The molecule has 3 nitrogen and oxygen atoms in total. The van der Waals surface area contributed by atoms with E-state index in [0.29, 0.717) is 13.0 Å². The normalized spacial score (nSPS) is 13.2. The quantitative estimate of drug-likeness (QED) is 0.834. The number of rotatable bonds is 4. The summed E-state index contributed by atoms with van der Waals surface area (Å²) in [5, 5.41) is 0. The van der Waals surface area contributed by atoms with Crippen LogP contribution in [0.2, 0.25) is 0 Å². The molecule has 1 atom stereocenters. The van der Waals surface area contributed by atoms with Crippen molar-refractivity contribution in [2.24, 2.45) is 11.7 Å². The Hall–Kier alpha value is -1.35. The second-order valence-electron chi connectivity index (χ2n) is 5.60. The summed E-state index contributed by atoms with van der Waals surface area (Å²) in [6, 6.07) is 8.04. The second kappa shape index (κ2) is 6.01. The van der Waals surface area contributed by atoms with Gasteiger partial charge >= 0.3 is 5.97 Å². The zero-order valence-corrected chi connectivity index (χ0v) is 11.7. The van der Waals surface area contributed by atoms with Gasteiger partial charge in [-0.05, 0) is 45.2 Å². The van der Waals surface area contributed by atoms with Gasteiger partial charge in [0.1, 0.15) is 5.60 Å². The van der Waals surface area contributed by atoms with Gasteiger partial charge in [-0.1, -0.05) is 24.3 Å². The Balaban J connectivity index is 2.74. The van der Waals surface area contributed by atoms with Crippen molar-refractivity contribution >= 4 is 5.97 Å². The number of ether oxygens (including phenoxy) is 1. The zero-order chi connectivity index (χ0) is 13.8. The number of nitrogens with two attached hydrogens (primary N) is 1. The van der Waals surface area contributed by atoms with E-state index in [1.807, 2.05) is 52.0 Å². The van der Waals surface area contributed by atoms with Crippen molar-refractivity contribution in [2.75, 3.05) is 6.54 Å².